The third-order valence-electron chi connectivity index (χ3n) is 6.91. The number of benzene rings is 1. The van der Waals surface area contributed by atoms with Gasteiger partial charge in [0.15, 0.2) is 11.5 Å². The second-order valence-corrected chi connectivity index (χ2v) is 9.92. The van der Waals surface area contributed by atoms with E-state index in [9.17, 15) is 23.5 Å². The van der Waals surface area contributed by atoms with Crippen LogP contribution in [0, 0.1) is 23.0 Å². The number of likely N-dealkylation sites (tertiary alicyclic amines) is 1. The number of aromatic nitrogens is 1. The zero-order chi connectivity index (χ0) is 23.8. The van der Waals surface area contributed by atoms with Crippen molar-refractivity contribution in [3.05, 3.63) is 41.6 Å². The highest BCUT2D eigenvalue weighted by molar-refractivity contribution is 5.93. The van der Waals surface area contributed by atoms with E-state index in [1.165, 1.54) is 18.6 Å². The Balaban J connectivity index is 1.43. The number of amides is 1. The third-order valence-corrected chi connectivity index (χ3v) is 6.91. The molecule has 0 spiro atoms. The van der Waals surface area contributed by atoms with Crippen LogP contribution in [-0.4, -0.2) is 52.2 Å². The normalized spacial score (nSPS) is 25.5. The van der Waals surface area contributed by atoms with Gasteiger partial charge in [0, 0.05) is 37.3 Å². The minimum Gasteiger partial charge on any atom is -0.481 e. The van der Waals surface area contributed by atoms with E-state index in [-0.39, 0.29) is 22.4 Å². The van der Waals surface area contributed by atoms with Crippen LogP contribution >= 0.6 is 0 Å². The molecule has 0 unspecified atom stereocenters. The number of carboxylic acids is 1. The van der Waals surface area contributed by atoms with Crippen LogP contribution in [0.1, 0.15) is 56.4 Å². The summed E-state index contributed by atoms with van der Waals surface area (Å²) in [5, 5.41) is 16.3. The Labute approximate surface area is 191 Å². The van der Waals surface area contributed by atoms with E-state index in [2.05, 4.69) is 29.2 Å². The second kappa shape index (κ2) is 9.21. The summed E-state index contributed by atoms with van der Waals surface area (Å²) < 4.78 is 32.2. The first-order valence-electron chi connectivity index (χ1n) is 11.3. The maximum atomic E-state index is 14.0. The predicted molar refractivity (Wildman–Crippen MR) is 116 cm³/mol. The first-order valence-corrected chi connectivity index (χ1v) is 11.3. The van der Waals surface area contributed by atoms with E-state index in [0.29, 0.717) is 25.6 Å². The molecule has 1 saturated heterocycles. The molecule has 7 nitrogen and oxygen atoms in total. The maximum Gasteiger partial charge on any atom is 0.309 e. The molecule has 2 aromatic rings. The summed E-state index contributed by atoms with van der Waals surface area (Å²) in [5.41, 5.74) is 0.144. The van der Waals surface area contributed by atoms with Gasteiger partial charge in [-0.25, -0.2) is 8.78 Å². The molecule has 2 heterocycles. The fraction of sp³-hybridized carbons (Fsp3) is 0.542. The predicted octanol–water partition coefficient (Wildman–Crippen LogP) is 4.09. The monoisotopic (exact) mass is 461 g/mol. The van der Waals surface area contributed by atoms with Gasteiger partial charge in [0.2, 0.25) is 0 Å². The van der Waals surface area contributed by atoms with Gasteiger partial charge in [-0.3, -0.25) is 14.5 Å². The van der Waals surface area contributed by atoms with E-state index < -0.39 is 35.5 Å². The smallest absolute Gasteiger partial charge is 0.309 e. The summed E-state index contributed by atoms with van der Waals surface area (Å²) in [5.74, 6) is -3.85. The number of carbonyl (C=O) groups is 2. The van der Waals surface area contributed by atoms with Crippen molar-refractivity contribution < 1.29 is 28.0 Å². The van der Waals surface area contributed by atoms with E-state index >= 15 is 0 Å². The molecule has 1 aromatic heterocycles. The summed E-state index contributed by atoms with van der Waals surface area (Å²) in [6.07, 6.45) is 4.93. The Morgan fingerprint density at radius 3 is 2.73 bits per heavy atom. The molecule has 178 valence electrons. The number of carbonyl (C=O) groups excluding carboxylic acids is 1. The van der Waals surface area contributed by atoms with E-state index in [4.69, 9.17) is 4.52 Å². The molecule has 3 atom stereocenters. The summed E-state index contributed by atoms with van der Waals surface area (Å²) in [6.45, 7) is 5.60. The van der Waals surface area contributed by atoms with Gasteiger partial charge in [-0.05, 0) is 43.2 Å². The number of halogens is 2. The molecular weight excluding hydrogens is 432 g/mol. The maximum absolute atomic E-state index is 14.0. The van der Waals surface area contributed by atoms with Gasteiger partial charge in [0.05, 0.1) is 11.5 Å². The van der Waals surface area contributed by atoms with Crippen LogP contribution in [0.25, 0.3) is 11.3 Å². The second-order valence-electron chi connectivity index (χ2n) is 9.92. The molecule has 1 aliphatic heterocycles. The molecule has 2 fully saturated rings. The van der Waals surface area contributed by atoms with Crippen molar-refractivity contribution in [1.82, 2.24) is 15.4 Å². The summed E-state index contributed by atoms with van der Waals surface area (Å²) in [7, 11) is 0. The largest absolute Gasteiger partial charge is 0.481 e. The lowest BCUT2D eigenvalue weighted by atomic mass is 9.74. The molecule has 2 N–H and O–H groups in total. The lowest BCUT2D eigenvalue weighted by Gasteiger charge is -2.45. The van der Waals surface area contributed by atoms with Gasteiger partial charge in [0.25, 0.3) is 5.91 Å². The lowest BCUT2D eigenvalue weighted by molar-refractivity contribution is -0.145. The van der Waals surface area contributed by atoms with Gasteiger partial charge in [-0.15, -0.1) is 0 Å². The Morgan fingerprint density at radius 2 is 2.03 bits per heavy atom. The van der Waals surface area contributed by atoms with E-state index in [1.54, 1.807) is 0 Å². The molecule has 4 rings (SSSR count). The van der Waals surface area contributed by atoms with E-state index in [1.807, 2.05) is 0 Å². The molecule has 1 aromatic carbocycles. The average Bonchev–Trinajstić information content (AvgIpc) is 3.23. The van der Waals surface area contributed by atoms with Crippen molar-refractivity contribution in [2.45, 2.75) is 58.0 Å². The van der Waals surface area contributed by atoms with Crippen molar-refractivity contribution in [3.63, 3.8) is 0 Å². The highest BCUT2D eigenvalue weighted by Gasteiger charge is 2.40. The van der Waals surface area contributed by atoms with Crippen LogP contribution in [0.4, 0.5) is 8.78 Å². The Hall–Kier alpha value is -2.81. The Bertz CT molecular complexity index is 1040. The molecule has 9 heteroatoms. The number of hydrogen-bond acceptors (Lipinski definition) is 5. The average molecular weight is 462 g/mol. The van der Waals surface area contributed by atoms with Gasteiger partial charge < -0.3 is 14.9 Å². The number of carboxylic acid groups (broad SMARTS) is 1. The summed E-state index contributed by atoms with van der Waals surface area (Å²) >= 11 is 0. The van der Waals surface area contributed by atoms with Gasteiger partial charge in [-0.2, -0.15) is 0 Å². The number of nitrogens with zero attached hydrogens (tertiary/aromatic N) is 2. The van der Waals surface area contributed by atoms with Crippen LogP contribution in [0.3, 0.4) is 0 Å². The van der Waals surface area contributed by atoms with Crippen LogP contribution in [0.2, 0.25) is 0 Å². The minimum atomic E-state index is -0.950. The van der Waals surface area contributed by atoms with Crippen molar-refractivity contribution >= 4 is 11.9 Å². The molecule has 0 bridgehead atoms. The van der Waals surface area contributed by atoms with Crippen molar-refractivity contribution in [3.8, 4) is 11.3 Å². The standard InChI is InChI=1S/C24H29F2N3O4/c1-24(2)8-3-4-15(12-24)29-9-7-19(17(13-29)23(31)32)27-22(30)20-11-21(33-28-20)16-6-5-14(25)10-18(16)26/h5-6,10-11,15,17,19H,3-4,7-9,12-13H2,1-2H3,(H,27,30)(H,31,32)/t15-,17-,19-/m1/s1. The number of piperidine rings is 1. The van der Waals surface area contributed by atoms with Gasteiger partial charge in [-0.1, -0.05) is 25.4 Å². The fourth-order valence-corrected chi connectivity index (χ4v) is 5.14. The number of hydrogen-bond donors (Lipinski definition) is 2. The van der Waals surface area contributed by atoms with Crippen molar-refractivity contribution in [1.29, 1.82) is 0 Å². The minimum absolute atomic E-state index is 0.0119. The first kappa shape index (κ1) is 23.4. The van der Waals surface area contributed by atoms with Gasteiger partial charge in [0.1, 0.15) is 11.6 Å². The highest BCUT2D eigenvalue weighted by atomic mass is 19.1. The first-order chi connectivity index (χ1) is 15.6. The Kier molecular flexibility index (Phi) is 6.52. The topological polar surface area (TPSA) is 95.7 Å². The third kappa shape index (κ3) is 5.24. The molecule has 1 amide bonds. The van der Waals surface area contributed by atoms with Crippen molar-refractivity contribution in [2.75, 3.05) is 13.1 Å². The van der Waals surface area contributed by atoms with Crippen molar-refractivity contribution in [2.24, 2.45) is 11.3 Å². The van der Waals surface area contributed by atoms with Gasteiger partial charge >= 0.3 is 5.97 Å². The van der Waals surface area contributed by atoms with Crippen LogP contribution in [0.15, 0.2) is 28.8 Å². The SMILES string of the molecule is CC1(C)CCC[C@@H](N2CC[C@@H](NC(=O)c3cc(-c4ccc(F)cc4F)on3)[C@H](C(=O)O)C2)C1. The molecular formula is C24H29F2N3O4. The quantitative estimate of drug-likeness (QED) is 0.696. The molecule has 1 aliphatic carbocycles. The zero-order valence-corrected chi connectivity index (χ0v) is 18.8. The van der Waals surface area contributed by atoms with Crippen LogP contribution in [0.5, 0.6) is 0 Å². The van der Waals surface area contributed by atoms with Crippen LogP contribution in [-0.2, 0) is 4.79 Å². The zero-order valence-electron chi connectivity index (χ0n) is 18.8. The molecule has 1 saturated carbocycles. The summed E-state index contributed by atoms with van der Waals surface area (Å²) in [6, 6.07) is 4.08. The van der Waals surface area contributed by atoms with E-state index in [0.717, 1.165) is 31.4 Å². The summed E-state index contributed by atoms with van der Waals surface area (Å²) in [4.78, 5) is 27.0. The van der Waals surface area contributed by atoms with Crippen LogP contribution < -0.4 is 5.32 Å². The Morgan fingerprint density at radius 1 is 1.24 bits per heavy atom. The molecule has 33 heavy (non-hydrogen) atoms. The molecule has 0 radical (unpaired) electrons. The fourth-order valence-electron chi connectivity index (χ4n) is 5.14. The number of aliphatic carboxylic acids is 1. The number of rotatable bonds is 5. The highest BCUT2D eigenvalue weighted by Crippen LogP contribution is 2.38. The lowest BCUT2D eigenvalue weighted by Crippen LogP contribution is -2.56. The molecule has 2 aliphatic rings. The number of nitrogens with one attached hydrogen (secondary N) is 1.